The third-order valence-electron chi connectivity index (χ3n) is 5.60. The molecule has 1 N–H and O–H groups in total. The van der Waals surface area contributed by atoms with E-state index in [9.17, 15) is 13.2 Å². The lowest BCUT2D eigenvalue weighted by Gasteiger charge is -2.38. The number of ether oxygens (including phenoxy) is 1. The maximum Gasteiger partial charge on any atom is 0.243 e. The standard InChI is InChI=1S/C18H24N2O4S/c1-24-16-6-8-17(9-7-16)25(22,23)20-14-4-5-15(20)11-13(10-14)19-18(21)12-2-3-12/h6-9,12-15H,2-5,10-11H2,1H3,(H,19,21)/t14-,15-/m1/s1. The summed E-state index contributed by atoms with van der Waals surface area (Å²) in [7, 11) is -1.95. The van der Waals surface area contributed by atoms with Crippen molar-refractivity contribution in [2.75, 3.05) is 7.11 Å². The Morgan fingerprint density at radius 1 is 1.08 bits per heavy atom. The Labute approximate surface area is 148 Å². The van der Waals surface area contributed by atoms with Crippen LogP contribution in [0.25, 0.3) is 0 Å². The second-order valence-electron chi connectivity index (χ2n) is 7.35. The molecule has 6 nitrogen and oxygen atoms in total. The van der Waals surface area contributed by atoms with Gasteiger partial charge < -0.3 is 10.1 Å². The van der Waals surface area contributed by atoms with Gasteiger partial charge in [-0.1, -0.05) is 0 Å². The van der Waals surface area contributed by atoms with Gasteiger partial charge in [-0.15, -0.1) is 0 Å². The molecule has 1 aliphatic carbocycles. The summed E-state index contributed by atoms with van der Waals surface area (Å²) in [4.78, 5) is 12.3. The van der Waals surface area contributed by atoms with Crippen molar-refractivity contribution in [3.63, 3.8) is 0 Å². The number of fused-ring (bicyclic) bond motifs is 2. The number of hydrogen-bond acceptors (Lipinski definition) is 4. The van der Waals surface area contributed by atoms with E-state index < -0.39 is 10.0 Å². The highest BCUT2D eigenvalue weighted by atomic mass is 32.2. The van der Waals surface area contributed by atoms with Gasteiger partial charge in [0.05, 0.1) is 12.0 Å². The van der Waals surface area contributed by atoms with Crippen LogP contribution in [0.4, 0.5) is 0 Å². The average Bonchev–Trinajstić information content (AvgIpc) is 3.40. The molecule has 4 rings (SSSR count). The number of methoxy groups -OCH3 is 1. The van der Waals surface area contributed by atoms with Crippen LogP contribution in [0.5, 0.6) is 5.75 Å². The van der Waals surface area contributed by atoms with Gasteiger partial charge in [0, 0.05) is 24.0 Å². The van der Waals surface area contributed by atoms with Gasteiger partial charge in [-0.3, -0.25) is 4.79 Å². The molecule has 0 aromatic heterocycles. The minimum absolute atomic E-state index is 0.0182. The SMILES string of the molecule is COc1ccc(S(=O)(=O)N2[C@@H]3CC[C@@H]2CC(NC(=O)C2CC2)C3)cc1. The predicted octanol–water partition coefficient (Wildman–Crippen LogP) is 1.91. The third kappa shape index (κ3) is 3.15. The first-order valence-electron chi connectivity index (χ1n) is 8.97. The van der Waals surface area contributed by atoms with E-state index in [2.05, 4.69) is 5.32 Å². The summed E-state index contributed by atoms with van der Waals surface area (Å²) in [6.07, 6.45) is 5.15. The minimum atomic E-state index is -3.51. The fraction of sp³-hybridized carbons (Fsp3) is 0.611. The molecular weight excluding hydrogens is 340 g/mol. The smallest absolute Gasteiger partial charge is 0.243 e. The van der Waals surface area contributed by atoms with Crippen molar-refractivity contribution in [2.24, 2.45) is 5.92 Å². The lowest BCUT2D eigenvalue weighted by Crippen LogP contribution is -2.52. The average molecular weight is 364 g/mol. The molecule has 1 saturated carbocycles. The topological polar surface area (TPSA) is 75.7 Å². The number of amides is 1. The largest absolute Gasteiger partial charge is 0.497 e. The van der Waals surface area contributed by atoms with Crippen LogP contribution >= 0.6 is 0 Å². The fourth-order valence-electron chi connectivity index (χ4n) is 4.18. The van der Waals surface area contributed by atoms with Crippen molar-refractivity contribution >= 4 is 15.9 Å². The van der Waals surface area contributed by atoms with Gasteiger partial charge in [0.15, 0.2) is 0 Å². The Balaban J connectivity index is 1.50. The molecule has 2 atom stereocenters. The summed E-state index contributed by atoms with van der Waals surface area (Å²) in [5.74, 6) is 0.984. The van der Waals surface area contributed by atoms with Crippen molar-refractivity contribution in [1.29, 1.82) is 0 Å². The summed E-state index contributed by atoms with van der Waals surface area (Å²) in [5.41, 5.74) is 0. The zero-order chi connectivity index (χ0) is 17.6. The zero-order valence-corrected chi connectivity index (χ0v) is 15.2. The zero-order valence-electron chi connectivity index (χ0n) is 14.3. The van der Waals surface area contributed by atoms with Crippen LogP contribution in [0.15, 0.2) is 29.2 Å². The molecule has 0 spiro atoms. The minimum Gasteiger partial charge on any atom is -0.497 e. The highest BCUT2D eigenvalue weighted by Gasteiger charge is 2.47. The van der Waals surface area contributed by atoms with Gasteiger partial charge in [0.25, 0.3) is 0 Å². The number of carbonyl (C=O) groups excluding carboxylic acids is 1. The number of hydrogen-bond donors (Lipinski definition) is 1. The molecule has 2 heterocycles. The van der Waals surface area contributed by atoms with Gasteiger partial charge in [-0.2, -0.15) is 4.31 Å². The number of carbonyl (C=O) groups is 1. The number of piperidine rings is 1. The Hall–Kier alpha value is -1.60. The van der Waals surface area contributed by atoms with Crippen LogP contribution in [0.1, 0.15) is 38.5 Å². The van der Waals surface area contributed by atoms with Crippen LogP contribution in [-0.2, 0) is 14.8 Å². The second kappa shape index (κ2) is 6.29. The Bertz CT molecular complexity index is 744. The number of sulfonamides is 1. The summed E-state index contributed by atoms with van der Waals surface area (Å²) in [6.45, 7) is 0. The van der Waals surface area contributed by atoms with Crippen LogP contribution < -0.4 is 10.1 Å². The van der Waals surface area contributed by atoms with Gasteiger partial charge in [0.1, 0.15) is 5.75 Å². The summed E-state index contributed by atoms with van der Waals surface area (Å²) in [6, 6.07) is 6.64. The summed E-state index contributed by atoms with van der Waals surface area (Å²) in [5, 5.41) is 3.13. The van der Waals surface area contributed by atoms with E-state index >= 15 is 0 Å². The molecule has 1 aromatic carbocycles. The quantitative estimate of drug-likeness (QED) is 0.866. The molecule has 2 saturated heterocycles. The Kier molecular flexibility index (Phi) is 4.24. The van der Waals surface area contributed by atoms with Crippen molar-refractivity contribution in [2.45, 2.75) is 61.5 Å². The lowest BCUT2D eigenvalue weighted by molar-refractivity contribution is -0.123. The summed E-state index contributed by atoms with van der Waals surface area (Å²) >= 11 is 0. The molecule has 1 amide bonds. The number of nitrogens with zero attached hydrogens (tertiary/aromatic N) is 1. The van der Waals surface area contributed by atoms with Crippen molar-refractivity contribution < 1.29 is 17.9 Å². The first-order valence-corrected chi connectivity index (χ1v) is 10.4. The predicted molar refractivity (Wildman–Crippen MR) is 92.7 cm³/mol. The summed E-state index contributed by atoms with van der Waals surface area (Å²) < 4.78 is 33.0. The van der Waals surface area contributed by atoms with Gasteiger partial charge in [-0.05, 0) is 62.8 Å². The molecule has 25 heavy (non-hydrogen) atoms. The molecule has 3 aliphatic rings. The van der Waals surface area contributed by atoms with E-state index in [0.717, 1.165) is 25.7 Å². The van der Waals surface area contributed by atoms with E-state index in [-0.39, 0.29) is 30.0 Å². The second-order valence-corrected chi connectivity index (χ2v) is 9.19. The van der Waals surface area contributed by atoms with Crippen molar-refractivity contribution in [3.8, 4) is 5.75 Å². The van der Waals surface area contributed by atoms with Crippen molar-refractivity contribution in [3.05, 3.63) is 24.3 Å². The van der Waals surface area contributed by atoms with Gasteiger partial charge >= 0.3 is 0 Å². The van der Waals surface area contributed by atoms with Crippen LogP contribution in [0, 0.1) is 5.92 Å². The van der Waals surface area contributed by atoms with E-state index in [1.54, 1.807) is 35.7 Å². The van der Waals surface area contributed by atoms with Gasteiger partial charge in [-0.25, -0.2) is 8.42 Å². The lowest BCUT2D eigenvalue weighted by atomic mass is 9.99. The van der Waals surface area contributed by atoms with E-state index in [0.29, 0.717) is 23.5 Å². The fourth-order valence-corrected chi connectivity index (χ4v) is 6.07. The normalized spacial score (nSPS) is 29.4. The van der Waals surface area contributed by atoms with E-state index in [1.807, 2.05) is 0 Å². The molecule has 7 heteroatoms. The maximum atomic E-state index is 13.1. The first-order chi connectivity index (χ1) is 12.0. The van der Waals surface area contributed by atoms with Crippen LogP contribution in [0.2, 0.25) is 0 Å². The molecular formula is C18H24N2O4S. The van der Waals surface area contributed by atoms with E-state index in [1.165, 1.54) is 0 Å². The monoisotopic (exact) mass is 364 g/mol. The molecule has 2 bridgehead atoms. The number of benzene rings is 1. The molecule has 0 unspecified atom stereocenters. The molecule has 2 aliphatic heterocycles. The highest BCUT2D eigenvalue weighted by Crippen LogP contribution is 2.40. The molecule has 3 fully saturated rings. The molecule has 0 radical (unpaired) electrons. The van der Waals surface area contributed by atoms with Crippen LogP contribution in [0.3, 0.4) is 0 Å². The Morgan fingerprint density at radius 3 is 2.20 bits per heavy atom. The van der Waals surface area contributed by atoms with E-state index in [4.69, 9.17) is 4.74 Å². The Morgan fingerprint density at radius 2 is 1.68 bits per heavy atom. The molecule has 136 valence electrons. The number of nitrogens with one attached hydrogen (secondary N) is 1. The number of rotatable bonds is 5. The first kappa shape index (κ1) is 16.8. The highest BCUT2D eigenvalue weighted by molar-refractivity contribution is 7.89. The molecule has 1 aromatic rings. The maximum absolute atomic E-state index is 13.1. The van der Waals surface area contributed by atoms with Crippen LogP contribution in [-0.4, -0.2) is 43.9 Å². The third-order valence-corrected chi connectivity index (χ3v) is 7.61. The van der Waals surface area contributed by atoms with Gasteiger partial charge in [0.2, 0.25) is 15.9 Å². The van der Waals surface area contributed by atoms with Crippen molar-refractivity contribution in [1.82, 2.24) is 9.62 Å².